The summed E-state index contributed by atoms with van der Waals surface area (Å²) in [6.07, 6.45) is 1.12. The van der Waals surface area contributed by atoms with E-state index in [2.05, 4.69) is 16.0 Å². The summed E-state index contributed by atoms with van der Waals surface area (Å²) in [5, 5.41) is 9.11. The van der Waals surface area contributed by atoms with Crippen molar-refractivity contribution in [3.05, 3.63) is 71.8 Å². The summed E-state index contributed by atoms with van der Waals surface area (Å²) in [5.74, 6) is -2.09. The molecule has 0 saturated carbocycles. The summed E-state index contributed by atoms with van der Waals surface area (Å²) in [7, 11) is 8.31. The molecule has 9 atom stereocenters. The monoisotopic (exact) mass is 835 g/mol. The molecule has 1 saturated heterocycles. The van der Waals surface area contributed by atoms with Gasteiger partial charge in [-0.05, 0) is 48.8 Å². The number of benzene rings is 2. The van der Waals surface area contributed by atoms with Crippen molar-refractivity contribution in [2.75, 3.05) is 41.9 Å². The molecule has 60 heavy (non-hydrogen) atoms. The van der Waals surface area contributed by atoms with Crippen LogP contribution in [0.25, 0.3) is 0 Å². The van der Waals surface area contributed by atoms with E-state index in [0.29, 0.717) is 25.9 Å². The zero-order valence-corrected chi connectivity index (χ0v) is 38.3. The van der Waals surface area contributed by atoms with Crippen LogP contribution in [0.1, 0.15) is 85.3 Å². The third kappa shape index (κ3) is 13.3. The second-order valence-corrected chi connectivity index (χ2v) is 17.3. The molecule has 1 fully saturated rings. The number of carbonyl (C=O) groups is 5. The smallest absolute Gasteiger partial charge is 0.245 e. The van der Waals surface area contributed by atoms with Crippen molar-refractivity contribution in [3.63, 3.8) is 0 Å². The van der Waals surface area contributed by atoms with E-state index < -0.39 is 48.3 Å². The van der Waals surface area contributed by atoms with Gasteiger partial charge in [0.15, 0.2) is 0 Å². The van der Waals surface area contributed by atoms with Gasteiger partial charge in [0.1, 0.15) is 12.1 Å². The molecule has 0 bridgehead atoms. The van der Waals surface area contributed by atoms with Gasteiger partial charge in [0.05, 0.1) is 42.7 Å². The van der Waals surface area contributed by atoms with Gasteiger partial charge in [-0.2, -0.15) is 0 Å². The number of amides is 5. The van der Waals surface area contributed by atoms with Crippen LogP contribution in [-0.2, 0) is 46.4 Å². The highest BCUT2D eigenvalue weighted by atomic mass is 16.5. The molecule has 1 aliphatic rings. The zero-order chi connectivity index (χ0) is 44.7. The van der Waals surface area contributed by atoms with E-state index in [1.165, 1.54) is 0 Å². The van der Waals surface area contributed by atoms with Gasteiger partial charge in [-0.1, -0.05) is 116 Å². The van der Waals surface area contributed by atoms with Crippen LogP contribution >= 0.6 is 0 Å². The van der Waals surface area contributed by atoms with Crippen molar-refractivity contribution in [2.24, 2.45) is 23.7 Å². The Balaban J connectivity index is 1.81. The fourth-order valence-corrected chi connectivity index (χ4v) is 8.60. The number of nitrogens with zero attached hydrogens (tertiary/aromatic N) is 3. The number of rotatable bonds is 23. The largest absolute Gasteiger partial charge is 0.379 e. The molecule has 13 nitrogen and oxygen atoms in total. The molecule has 1 aliphatic heterocycles. The van der Waals surface area contributed by atoms with Crippen LogP contribution in [-0.4, -0.2) is 129 Å². The quantitative estimate of drug-likeness (QED) is 0.146. The van der Waals surface area contributed by atoms with Crippen LogP contribution in [0.3, 0.4) is 0 Å². The predicted molar refractivity (Wildman–Crippen MR) is 236 cm³/mol. The van der Waals surface area contributed by atoms with Crippen molar-refractivity contribution >= 4 is 29.5 Å². The van der Waals surface area contributed by atoms with Crippen LogP contribution in [0.15, 0.2) is 60.7 Å². The molecule has 2 aromatic rings. The summed E-state index contributed by atoms with van der Waals surface area (Å²) in [4.78, 5) is 75.0. The van der Waals surface area contributed by atoms with Crippen molar-refractivity contribution < 1.29 is 33.4 Å². The average molecular weight is 835 g/mol. The molecule has 2 aromatic carbocycles. The number of methoxy groups -OCH3 is 2. The summed E-state index contributed by atoms with van der Waals surface area (Å²) < 4.78 is 12.1. The molecule has 334 valence electrons. The molecule has 0 spiro atoms. The Morgan fingerprint density at radius 3 is 1.88 bits per heavy atom. The van der Waals surface area contributed by atoms with Gasteiger partial charge in [-0.15, -0.1) is 0 Å². The Morgan fingerprint density at radius 1 is 0.783 bits per heavy atom. The van der Waals surface area contributed by atoms with E-state index in [1.807, 2.05) is 102 Å². The minimum atomic E-state index is -0.821. The second kappa shape index (κ2) is 24.2. The first-order valence-corrected chi connectivity index (χ1v) is 21.7. The lowest BCUT2D eigenvalue weighted by Crippen LogP contribution is -2.59. The summed E-state index contributed by atoms with van der Waals surface area (Å²) in [6.45, 7) is 14.5. The molecule has 3 N–H and O–H groups in total. The van der Waals surface area contributed by atoms with Gasteiger partial charge in [0.25, 0.3) is 0 Å². The van der Waals surface area contributed by atoms with Gasteiger partial charge in [0.2, 0.25) is 29.5 Å². The summed E-state index contributed by atoms with van der Waals surface area (Å²) in [5.41, 5.74) is 1.90. The third-order valence-electron chi connectivity index (χ3n) is 12.3. The van der Waals surface area contributed by atoms with Crippen molar-refractivity contribution in [1.29, 1.82) is 0 Å². The fourth-order valence-electron chi connectivity index (χ4n) is 8.60. The minimum Gasteiger partial charge on any atom is -0.379 e. The molecular weight excluding hydrogens is 761 g/mol. The molecule has 0 radical (unpaired) electrons. The third-order valence-corrected chi connectivity index (χ3v) is 12.3. The fraction of sp³-hybridized carbons (Fsp3) is 0.638. The molecule has 3 rings (SSSR count). The first-order valence-electron chi connectivity index (χ1n) is 21.7. The van der Waals surface area contributed by atoms with Crippen LogP contribution in [0.5, 0.6) is 0 Å². The van der Waals surface area contributed by atoms with E-state index in [9.17, 15) is 24.0 Å². The first-order chi connectivity index (χ1) is 28.5. The number of likely N-dealkylation sites (N-methyl/N-ethyl adjacent to an activating group) is 3. The van der Waals surface area contributed by atoms with Crippen LogP contribution in [0, 0.1) is 23.7 Å². The molecule has 13 heteroatoms. The number of likely N-dealkylation sites (tertiary alicyclic amines) is 1. The van der Waals surface area contributed by atoms with E-state index in [0.717, 1.165) is 24.0 Å². The predicted octanol–water partition coefficient (Wildman–Crippen LogP) is 4.68. The standard InChI is InChI=1S/C47H74N6O7/c1-13-32(6)42(52(10)47(58)41(31(4)5)50-45(56)40(48-8)30(2)3)38(59-11)28-39(54)53-26-20-25-37(53)43(60-12)33(7)44(55)49-36(27-34-21-16-14-17-22-34)46(57)51(9)29-35-23-18-15-19-24-35/h14-19,21-24,30-33,36-38,40-43,48H,13,20,25-29H2,1-12H3,(H,49,55)(H,50,56)/t32?,33?,36?,37-,38?,40?,41?,42?,43?/m0/s1. The van der Waals surface area contributed by atoms with Crippen molar-refractivity contribution in [2.45, 2.75) is 130 Å². The van der Waals surface area contributed by atoms with E-state index >= 15 is 0 Å². The van der Waals surface area contributed by atoms with E-state index in [4.69, 9.17) is 9.47 Å². The number of hydrogen-bond donors (Lipinski definition) is 3. The molecule has 8 unspecified atom stereocenters. The van der Waals surface area contributed by atoms with Crippen molar-refractivity contribution in [1.82, 2.24) is 30.7 Å². The lowest BCUT2D eigenvalue weighted by Gasteiger charge is -2.41. The van der Waals surface area contributed by atoms with Crippen LogP contribution in [0.4, 0.5) is 0 Å². The normalized spacial score (nSPS) is 18.2. The highest BCUT2D eigenvalue weighted by Crippen LogP contribution is 2.30. The SMILES string of the molecule is CCC(C)C(C(CC(=O)N1CCC[C@H]1C(OC)C(C)C(=O)NC(Cc1ccccc1)C(=O)N(C)Cc1ccccc1)OC)N(C)C(=O)C(NC(=O)C(NC)C(C)C)C(C)C. The lowest BCUT2D eigenvalue weighted by atomic mass is 9.89. The molecular formula is C47H74N6O7. The highest BCUT2D eigenvalue weighted by Gasteiger charge is 2.43. The molecule has 1 heterocycles. The lowest BCUT2D eigenvalue weighted by molar-refractivity contribution is -0.148. The second-order valence-electron chi connectivity index (χ2n) is 17.3. The Bertz CT molecular complexity index is 1660. The highest BCUT2D eigenvalue weighted by molar-refractivity contribution is 5.90. The zero-order valence-electron chi connectivity index (χ0n) is 38.3. The topological polar surface area (TPSA) is 150 Å². The average Bonchev–Trinajstić information content (AvgIpc) is 3.72. The summed E-state index contributed by atoms with van der Waals surface area (Å²) >= 11 is 0. The Kier molecular flexibility index (Phi) is 20.2. The molecule has 5 amide bonds. The van der Waals surface area contributed by atoms with Crippen molar-refractivity contribution in [3.8, 4) is 0 Å². The number of carbonyl (C=O) groups excluding carboxylic acids is 5. The number of nitrogens with one attached hydrogen (secondary N) is 3. The maximum atomic E-state index is 14.4. The first kappa shape index (κ1) is 50.0. The van der Waals surface area contributed by atoms with Gasteiger partial charge in [-0.25, -0.2) is 0 Å². The Labute approximate surface area is 359 Å². The number of hydrogen-bond acceptors (Lipinski definition) is 8. The molecule has 0 aromatic heterocycles. The maximum absolute atomic E-state index is 14.4. The van der Waals surface area contributed by atoms with Crippen LogP contribution in [0.2, 0.25) is 0 Å². The maximum Gasteiger partial charge on any atom is 0.245 e. The Hall–Kier alpha value is -4.33. The van der Waals surface area contributed by atoms with Gasteiger partial charge in [0, 0.05) is 47.8 Å². The van der Waals surface area contributed by atoms with Gasteiger partial charge >= 0.3 is 0 Å². The minimum absolute atomic E-state index is 0.00587. The Morgan fingerprint density at radius 2 is 1.37 bits per heavy atom. The summed E-state index contributed by atoms with van der Waals surface area (Å²) in [6, 6.07) is 16.4. The number of ether oxygens (including phenoxy) is 2. The molecule has 0 aliphatic carbocycles. The van der Waals surface area contributed by atoms with Gasteiger partial charge in [-0.3, -0.25) is 24.0 Å². The van der Waals surface area contributed by atoms with E-state index in [1.54, 1.807) is 57.0 Å². The van der Waals surface area contributed by atoms with Crippen LogP contribution < -0.4 is 16.0 Å². The van der Waals surface area contributed by atoms with Gasteiger partial charge < -0.3 is 40.1 Å². The van der Waals surface area contributed by atoms with E-state index in [-0.39, 0.29) is 53.7 Å².